The molecule has 1 fully saturated rings. The molecule has 0 aliphatic carbocycles. The molecule has 164 valence electrons. The number of benzene rings is 1. The van der Waals surface area contributed by atoms with Crippen molar-refractivity contribution >= 4 is 20.9 Å². The minimum absolute atomic E-state index is 0.0288. The largest absolute Gasteiger partial charge is 0.438 e. The zero-order chi connectivity index (χ0) is 22.6. The summed E-state index contributed by atoms with van der Waals surface area (Å²) in [6, 6.07) is 9.30. The van der Waals surface area contributed by atoms with Gasteiger partial charge in [-0.2, -0.15) is 15.3 Å². The molecule has 1 aromatic carbocycles. The second-order valence-electron chi connectivity index (χ2n) is 7.79. The van der Waals surface area contributed by atoms with Crippen LogP contribution in [0.25, 0.3) is 44.9 Å². The summed E-state index contributed by atoms with van der Waals surface area (Å²) in [7, 11) is -3.04. The Morgan fingerprint density at radius 1 is 1.00 bits per heavy atom. The normalized spacial score (nSPS) is 15.5. The first-order valence-corrected chi connectivity index (χ1v) is 11.9. The van der Waals surface area contributed by atoms with E-state index in [-0.39, 0.29) is 23.4 Å². The van der Waals surface area contributed by atoms with E-state index in [1.165, 1.54) is 18.5 Å². The van der Waals surface area contributed by atoms with Crippen LogP contribution in [0.4, 0.5) is 4.39 Å². The van der Waals surface area contributed by atoms with Gasteiger partial charge in [-0.15, -0.1) is 0 Å². The maximum atomic E-state index is 13.5. The van der Waals surface area contributed by atoms with Crippen LogP contribution in [-0.4, -0.2) is 49.9 Å². The topological polar surface area (TPSA) is 117 Å². The molecule has 5 aromatic rings. The highest BCUT2D eigenvalue weighted by atomic mass is 32.2. The minimum atomic E-state index is -3.04. The van der Waals surface area contributed by atoms with Gasteiger partial charge in [0.15, 0.2) is 9.84 Å². The summed E-state index contributed by atoms with van der Waals surface area (Å²) in [5, 5.41) is 13.0. The summed E-state index contributed by atoms with van der Waals surface area (Å²) < 4.78 is 44.6. The van der Waals surface area contributed by atoms with Crippen molar-refractivity contribution in [2.24, 2.45) is 0 Å². The van der Waals surface area contributed by atoms with Gasteiger partial charge in [-0.05, 0) is 36.4 Å². The second kappa shape index (κ2) is 7.27. The standard InChI is InChI=1S/C22H15FN6O3S/c23-15-3-1-13(2-4-15)20-18(9-29(28-20)16-10-33(30,31)11-16)21-17-7-19(14-5-6-26-27-8-14)32-22(17)25-12-24-21/h1-9,12,16H,10-11H2. The fourth-order valence-corrected chi connectivity index (χ4v) is 5.29. The third-order valence-electron chi connectivity index (χ3n) is 5.57. The van der Waals surface area contributed by atoms with E-state index in [2.05, 4.69) is 25.3 Å². The van der Waals surface area contributed by atoms with Gasteiger partial charge in [0.1, 0.15) is 23.6 Å². The number of hydrogen-bond donors (Lipinski definition) is 0. The van der Waals surface area contributed by atoms with E-state index < -0.39 is 9.84 Å². The molecule has 0 radical (unpaired) electrons. The zero-order valence-electron chi connectivity index (χ0n) is 17.0. The molecular weight excluding hydrogens is 447 g/mol. The van der Waals surface area contributed by atoms with E-state index in [1.54, 1.807) is 41.5 Å². The Morgan fingerprint density at radius 3 is 2.55 bits per heavy atom. The van der Waals surface area contributed by atoms with Crippen molar-refractivity contribution in [3.63, 3.8) is 0 Å². The van der Waals surface area contributed by atoms with Crippen LogP contribution in [0.1, 0.15) is 6.04 Å². The quantitative estimate of drug-likeness (QED) is 0.399. The molecule has 1 aliphatic rings. The van der Waals surface area contributed by atoms with Crippen molar-refractivity contribution in [2.45, 2.75) is 6.04 Å². The Hall–Kier alpha value is -3.99. The molecule has 0 saturated carbocycles. The fraction of sp³-hybridized carbons (Fsp3) is 0.136. The minimum Gasteiger partial charge on any atom is -0.438 e. The van der Waals surface area contributed by atoms with Gasteiger partial charge in [-0.1, -0.05) is 0 Å². The second-order valence-corrected chi connectivity index (χ2v) is 9.95. The average molecular weight is 462 g/mol. The van der Waals surface area contributed by atoms with E-state index in [0.29, 0.717) is 39.4 Å². The number of nitrogens with zero attached hydrogens (tertiary/aromatic N) is 6. The molecule has 1 aliphatic heterocycles. The molecule has 0 amide bonds. The molecule has 11 heteroatoms. The molecule has 33 heavy (non-hydrogen) atoms. The van der Waals surface area contributed by atoms with Gasteiger partial charge in [0.05, 0.1) is 41.0 Å². The summed E-state index contributed by atoms with van der Waals surface area (Å²) >= 11 is 0. The first-order valence-electron chi connectivity index (χ1n) is 10.0. The van der Waals surface area contributed by atoms with E-state index in [1.807, 2.05) is 6.07 Å². The Kier molecular flexibility index (Phi) is 4.34. The number of sulfone groups is 1. The van der Waals surface area contributed by atoms with Gasteiger partial charge in [0.2, 0.25) is 5.71 Å². The molecule has 4 aromatic heterocycles. The van der Waals surface area contributed by atoms with Crippen LogP contribution < -0.4 is 0 Å². The first-order chi connectivity index (χ1) is 16.0. The Labute approximate surface area is 186 Å². The van der Waals surface area contributed by atoms with Crippen LogP contribution in [0.15, 0.2) is 65.7 Å². The lowest BCUT2D eigenvalue weighted by Crippen LogP contribution is -2.38. The van der Waals surface area contributed by atoms with Gasteiger partial charge in [0, 0.05) is 22.9 Å². The van der Waals surface area contributed by atoms with Gasteiger partial charge in [-0.3, -0.25) is 4.68 Å². The highest BCUT2D eigenvalue weighted by Crippen LogP contribution is 2.38. The molecule has 9 nitrogen and oxygen atoms in total. The fourth-order valence-electron chi connectivity index (χ4n) is 3.91. The van der Waals surface area contributed by atoms with Crippen LogP contribution in [0.2, 0.25) is 0 Å². The molecule has 0 bridgehead atoms. The molecular formula is C22H15FN6O3S. The Balaban J connectivity index is 1.53. The third kappa shape index (κ3) is 3.46. The van der Waals surface area contributed by atoms with Crippen LogP contribution in [0, 0.1) is 5.82 Å². The Morgan fingerprint density at radius 2 is 1.82 bits per heavy atom. The summed E-state index contributed by atoms with van der Waals surface area (Å²) in [6.07, 6.45) is 6.33. The predicted molar refractivity (Wildman–Crippen MR) is 117 cm³/mol. The summed E-state index contributed by atoms with van der Waals surface area (Å²) in [5.41, 5.74) is 3.61. The van der Waals surface area contributed by atoms with Crippen molar-refractivity contribution in [1.82, 2.24) is 29.9 Å². The number of halogens is 1. The molecule has 6 rings (SSSR count). The van der Waals surface area contributed by atoms with Crippen LogP contribution in [0.3, 0.4) is 0 Å². The van der Waals surface area contributed by atoms with E-state index >= 15 is 0 Å². The van der Waals surface area contributed by atoms with Crippen LogP contribution >= 0.6 is 0 Å². The molecule has 0 spiro atoms. The monoisotopic (exact) mass is 462 g/mol. The van der Waals surface area contributed by atoms with Crippen molar-refractivity contribution in [2.75, 3.05) is 11.5 Å². The molecule has 0 N–H and O–H groups in total. The van der Waals surface area contributed by atoms with Gasteiger partial charge in [-0.25, -0.2) is 22.8 Å². The smallest absolute Gasteiger partial charge is 0.230 e. The lowest BCUT2D eigenvalue weighted by atomic mass is 10.0. The number of fused-ring (bicyclic) bond motifs is 1. The Bertz CT molecular complexity index is 1580. The summed E-state index contributed by atoms with van der Waals surface area (Å²) in [4.78, 5) is 8.73. The maximum absolute atomic E-state index is 13.5. The van der Waals surface area contributed by atoms with E-state index in [0.717, 1.165) is 5.56 Å². The van der Waals surface area contributed by atoms with Gasteiger partial charge in [0.25, 0.3) is 0 Å². The lowest BCUT2D eigenvalue weighted by molar-refractivity contribution is 0.474. The average Bonchev–Trinajstić information content (AvgIpc) is 3.43. The highest BCUT2D eigenvalue weighted by molar-refractivity contribution is 7.92. The van der Waals surface area contributed by atoms with Crippen LogP contribution in [-0.2, 0) is 9.84 Å². The number of aromatic nitrogens is 6. The molecule has 0 atom stereocenters. The highest BCUT2D eigenvalue weighted by Gasteiger charge is 2.36. The summed E-state index contributed by atoms with van der Waals surface area (Å²) in [5.74, 6) is 0.254. The number of hydrogen-bond acceptors (Lipinski definition) is 8. The van der Waals surface area contributed by atoms with Gasteiger partial charge >= 0.3 is 0 Å². The van der Waals surface area contributed by atoms with Crippen LogP contribution in [0.5, 0.6) is 0 Å². The number of rotatable bonds is 4. The molecule has 0 unspecified atom stereocenters. The third-order valence-corrected chi connectivity index (χ3v) is 7.35. The van der Waals surface area contributed by atoms with E-state index in [9.17, 15) is 12.8 Å². The lowest BCUT2D eigenvalue weighted by Gasteiger charge is -2.25. The van der Waals surface area contributed by atoms with Crippen molar-refractivity contribution in [3.05, 3.63) is 67.1 Å². The predicted octanol–water partition coefficient (Wildman–Crippen LogP) is 3.32. The SMILES string of the molecule is O=S1(=O)CC(n2cc(-c3ncnc4oc(-c5ccnnc5)cc34)c(-c3ccc(F)cc3)n2)C1. The first kappa shape index (κ1) is 19.7. The van der Waals surface area contributed by atoms with Crippen molar-refractivity contribution < 1.29 is 17.2 Å². The maximum Gasteiger partial charge on any atom is 0.230 e. The van der Waals surface area contributed by atoms with Gasteiger partial charge < -0.3 is 4.42 Å². The molecule has 5 heterocycles. The van der Waals surface area contributed by atoms with Crippen molar-refractivity contribution in [1.29, 1.82) is 0 Å². The zero-order valence-corrected chi connectivity index (χ0v) is 17.8. The molecule has 1 saturated heterocycles. The number of furan rings is 1. The summed E-state index contributed by atoms with van der Waals surface area (Å²) in [6.45, 7) is 0. The van der Waals surface area contributed by atoms with E-state index in [4.69, 9.17) is 4.42 Å². The van der Waals surface area contributed by atoms with Crippen molar-refractivity contribution in [3.8, 4) is 33.8 Å².